The van der Waals surface area contributed by atoms with Gasteiger partial charge in [-0.1, -0.05) is 25.1 Å². The van der Waals surface area contributed by atoms with Crippen molar-refractivity contribution in [2.45, 2.75) is 29.6 Å². The molecular weight excluding hydrogens is 400 g/mol. The molecule has 1 fully saturated rings. The Labute approximate surface area is 176 Å². The lowest BCUT2D eigenvalue weighted by Gasteiger charge is -2.32. The first-order valence-electron chi connectivity index (χ1n) is 10.3. The standard InChI is InChI=1S/C23H24N2O4S/c1-16-9-11-25(12-10-16)23-20(30(26,27)18-5-3-2-4-6-18)15-17-7-8-19-22(21(17)24-23)29-14-13-28-19/h2-8,15-16H,9-14H2,1H3. The normalized spacial score (nSPS) is 17.3. The summed E-state index contributed by atoms with van der Waals surface area (Å²) in [5.41, 5.74) is 0.646. The Morgan fingerprint density at radius 1 is 1.00 bits per heavy atom. The van der Waals surface area contributed by atoms with Gasteiger partial charge in [0.15, 0.2) is 11.5 Å². The zero-order chi connectivity index (χ0) is 20.7. The highest BCUT2D eigenvalue weighted by molar-refractivity contribution is 7.91. The average molecular weight is 425 g/mol. The Balaban J connectivity index is 1.73. The molecule has 3 aromatic rings. The van der Waals surface area contributed by atoms with Gasteiger partial charge in [-0.3, -0.25) is 0 Å². The van der Waals surface area contributed by atoms with Crippen molar-refractivity contribution in [1.29, 1.82) is 0 Å². The van der Waals surface area contributed by atoms with E-state index < -0.39 is 9.84 Å². The Morgan fingerprint density at radius 3 is 2.50 bits per heavy atom. The Kier molecular flexibility index (Phi) is 4.77. The monoisotopic (exact) mass is 424 g/mol. The molecule has 0 bridgehead atoms. The van der Waals surface area contributed by atoms with E-state index in [2.05, 4.69) is 11.8 Å². The zero-order valence-electron chi connectivity index (χ0n) is 16.9. The van der Waals surface area contributed by atoms with E-state index in [1.807, 2.05) is 18.2 Å². The number of ether oxygens (including phenoxy) is 2. The maximum absolute atomic E-state index is 13.6. The van der Waals surface area contributed by atoms with Crippen molar-refractivity contribution in [1.82, 2.24) is 4.98 Å². The summed E-state index contributed by atoms with van der Waals surface area (Å²) in [6, 6.07) is 14.0. The van der Waals surface area contributed by atoms with Crippen LogP contribution < -0.4 is 14.4 Å². The van der Waals surface area contributed by atoms with Crippen molar-refractivity contribution in [2.75, 3.05) is 31.2 Å². The van der Waals surface area contributed by atoms with E-state index in [0.717, 1.165) is 31.3 Å². The van der Waals surface area contributed by atoms with Crippen LogP contribution in [0.3, 0.4) is 0 Å². The van der Waals surface area contributed by atoms with Gasteiger partial charge in [-0.25, -0.2) is 13.4 Å². The third-order valence-corrected chi connectivity index (χ3v) is 7.64. The third kappa shape index (κ3) is 3.27. The predicted molar refractivity (Wildman–Crippen MR) is 115 cm³/mol. The highest BCUT2D eigenvalue weighted by atomic mass is 32.2. The summed E-state index contributed by atoms with van der Waals surface area (Å²) in [7, 11) is -3.72. The first kappa shape index (κ1) is 19.2. The van der Waals surface area contributed by atoms with Gasteiger partial charge in [0.05, 0.1) is 4.90 Å². The van der Waals surface area contributed by atoms with Crippen LogP contribution in [0.2, 0.25) is 0 Å². The number of benzene rings is 2. The summed E-state index contributed by atoms with van der Waals surface area (Å²) < 4.78 is 38.7. The number of hydrogen-bond acceptors (Lipinski definition) is 6. The topological polar surface area (TPSA) is 68.7 Å². The molecule has 5 rings (SSSR count). The SMILES string of the molecule is CC1CCN(c2nc3c4c(ccc3cc2S(=O)(=O)c2ccccc2)OCCO4)CC1. The molecule has 3 heterocycles. The second-order valence-electron chi connectivity index (χ2n) is 7.96. The van der Waals surface area contributed by atoms with Gasteiger partial charge >= 0.3 is 0 Å². The second-order valence-corrected chi connectivity index (χ2v) is 9.88. The summed E-state index contributed by atoms with van der Waals surface area (Å²) in [5.74, 6) is 2.37. The van der Waals surface area contributed by atoms with Gasteiger partial charge in [0, 0.05) is 18.5 Å². The fourth-order valence-electron chi connectivity index (χ4n) is 4.09. The minimum Gasteiger partial charge on any atom is -0.486 e. The molecule has 30 heavy (non-hydrogen) atoms. The van der Waals surface area contributed by atoms with E-state index in [4.69, 9.17) is 14.5 Å². The molecule has 2 aliphatic heterocycles. The fourth-order valence-corrected chi connectivity index (χ4v) is 5.55. The molecule has 2 aromatic carbocycles. The molecule has 6 nitrogen and oxygen atoms in total. The van der Waals surface area contributed by atoms with E-state index in [0.29, 0.717) is 42.0 Å². The van der Waals surface area contributed by atoms with Gasteiger partial charge in [0.25, 0.3) is 0 Å². The summed E-state index contributed by atoms with van der Waals surface area (Å²) in [5, 5.41) is 0.725. The van der Waals surface area contributed by atoms with Crippen molar-refractivity contribution in [2.24, 2.45) is 5.92 Å². The molecule has 2 aliphatic rings. The van der Waals surface area contributed by atoms with Gasteiger partial charge in [0.2, 0.25) is 9.84 Å². The molecule has 0 atom stereocenters. The van der Waals surface area contributed by atoms with Crippen LogP contribution in [0.25, 0.3) is 10.9 Å². The molecule has 0 aliphatic carbocycles. The lowest BCUT2D eigenvalue weighted by molar-refractivity contribution is 0.173. The van der Waals surface area contributed by atoms with E-state index in [9.17, 15) is 8.42 Å². The van der Waals surface area contributed by atoms with Crippen LogP contribution in [0.5, 0.6) is 11.5 Å². The molecule has 0 unspecified atom stereocenters. The molecule has 1 aromatic heterocycles. The number of hydrogen-bond donors (Lipinski definition) is 0. The quantitative estimate of drug-likeness (QED) is 0.631. The van der Waals surface area contributed by atoms with E-state index in [1.54, 1.807) is 30.3 Å². The maximum Gasteiger partial charge on any atom is 0.210 e. The van der Waals surface area contributed by atoms with Crippen molar-refractivity contribution in [3.63, 3.8) is 0 Å². The third-order valence-electron chi connectivity index (χ3n) is 5.86. The minimum absolute atomic E-state index is 0.243. The Morgan fingerprint density at radius 2 is 1.73 bits per heavy atom. The van der Waals surface area contributed by atoms with Crippen molar-refractivity contribution >= 4 is 26.6 Å². The van der Waals surface area contributed by atoms with Crippen LogP contribution in [0.1, 0.15) is 19.8 Å². The number of aromatic nitrogens is 1. The molecule has 0 radical (unpaired) electrons. The number of sulfone groups is 1. The first-order chi connectivity index (χ1) is 14.5. The van der Waals surface area contributed by atoms with Crippen LogP contribution in [-0.4, -0.2) is 39.7 Å². The molecule has 7 heteroatoms. The first-order valence-corrected chi connectivity index (χ1v) is 11.8. The second kappa shape index (κ2) is 7.47. The van der Waals surface area contributed by atoms with Crippen LogP contribution in [0.4, 0.5) is 5.82 Å². The smallest absolute Gasteiger partial charge is 0.210 e. The van der Waals surface area contributed by atoms with E-state index in [1.165, 1.54) is 0 Å². The predicted octanol–water partition coefficient (Wildman–Crippen LogP) is 4.08. The number of anilines is 1. The summed E-state index contributed by atoms with van der Waals surface area (Å²) in [4.78, 5) is 7.48. The number of fused-ring (bicyclic) bond motifs is 3. The van der Waals surface area contributed by atoms with Crippen molar-refractivity contribution < 1.29 is 17.9 Å². The highest BCUT2D eigenvalue weighted by Crippen LogP contribution is 2.41. The van der Waals surface area contributed by atoms with Crippen LogP contribution >= 0.6 is 0 Å². The number of piperidine rings is 1. The van der Waals surface area contributed by atoms with E-state index >= 15 is 0 Å². The maximum atomic E-state index is 13.6. The Bertz CT molecular complexity index is 1190. The molecule has 156 valence electrons. The Hall–Kier alpha value is -2.80. The molecular formula is C23H24N2O4S. The summed E-state index contributed by atoms with van der Waals surface area (Å²) in [6.45, 7) is 4.74. The molecule has 0 spiro atoms. The van der Waals surface area contributed by atoms with Gasteiger partial charge < -0.3 is 14.4 Å². The molecule has 0 N–H and O–H groups in total. The minimum atomic E-state index is -3.72. The lowest BCUT2D eigenvalue weighted by atomic mass is 9.99. The number of pyridine rings is 1. The van der Waals surface area contributed by atoms with Gasteiger partial charge in [0.1, 0.15) is 29.4 Å². The van der Waals surface area contributed by atoms with Crippen LogP contribution in [0.15, 0.2) is 58.3 Å². The molecule has 0 amide bonds. The molecule has 1 saturated heterocycles. The van der Waals surface area contributed by atoms with Gasteiger partial charge in [-0.05, 0) is 49.1 Å². The summed E-state index contributed by atoms with van der Waals surface area (Å²) >= 11 is 0. The van der Waals surface area contributed by atoms with Gasteiger partial charge in [-0.15, -0.1) is 0 Å². The highest BCUT2D eigenvalue weighted by Gasteiger charge is 2.29. The summed E-state index contributed by atoms with van der Waals surface area (Å²) in [6.07, 6.45) is 2.02. The zero-order valence-corrected chi connectivity index (χ0v) is 17.7. The van der Waals surface area contributed by atoms with Crippen LogP contribution in [-0.2, 0) is 9.84 Å². The van der Waals surface area contributed by atoms with Gasteiger partial charge in [-0.2, -0.15) is 0 Å². The number of nitrogens with zero attached hydrogens (tertiary/aromatic N) is 2. The van der Waals surface area contributed by atoms with E-state index in [-0.39, 0.29) is 9.79 Å². The van der Waals surface area contributed by atoms with Crippen molar-refractivity contribution in [3.05, 3.63) is 48.5 Å². The lowest BCUT2D eigenvalue weighted by Crippen LogP contribution is -2.34. The van der Waals surface area contributed by atoms with Crippen LogP contribution in [0, 0.1) is 5.92 Å². The average Bonchev–Trinajstić information content (AvgIpc) is 2.79. The van der Waals surface area contributed by atoms with Crippen molar-refractivity contribution in [3.8, 4) is 11.5 Å². The largest absolute Gasteiger partial charge is 0.486 e. The molecule has 0 saturated carbocycles. The fraction of sp³-hybridized carbons (Fsp3) is 0.348. The number of rotatable bonds is 3.